The molecule has 0 amide bonds. The molecule has 0 spiro atoms. The van der Waals surface area contributed by atoms with Crippen LogP contribution in [0.2, 0.25) is 0 Å². The summed E-state index contributed by atoms with van der Waals surface area (Å²) in [5.74, 6) is 1.25. The van der Waals surface area contributed by atoms with Crippen molar-refractivity contribution in [3.05, 3.63) is 12.4 Å². The average Bonchev–Trinajstić information content (AvgIpc) is 2.49. The van der Waals surface area contributed by atoms with Gasteiger partial charge in [-0.1, -0.05) is 20.4 Å². The van der Waals surface area contributed by atoms with E-state index in [1.807, 2.05) is 0 Å². The highest BCUT2D eigenvalue weighted by Crippen LogP contribution is 2.32. The van der Waals surface area contributed by atoms with E-state index >= 15 is 0 Å². The highest BCUT2D eigenvalue weighted by molar-refractivity contribution is 5.04. The van der Waals surface area contributed by atoms with Crippen LogP contribution in [0.15, 0.2) is 12.4 Å². The van der Waals surface area contributed by atoms with E-state index < -0.39 is 0 Å². The molecule has 0 atom stereocenters. The minimum atomic E-state index is 0.288. The van der Waals surface area contributed by atoms with Crippen LogP contribution in [0, 0.1) is 5.41 Å². The van der Waals surface area contributed by atoms with Crippen molar-refractivity contribution in [2.75, 3.05) is 39.3 Å². The Balaban J connectivity index is 1.88. The lowest BCUT2D eigenvalue weighted by Gasteiger charge is -2.50. The third kappa shape index (κ3) is 3.44. The van der Waals surface area contributed by atoms with Gasteiger partial charge >= 0.3 is 0 Å². The second-order valence-electron chi connectivity index (χ2n) is 7.93. The quantitative estimate of drug-likeness (QED) is 0.760. The molecule has 2 rings (SSSR count). The Morgan fingerprint density at radius 1 is 0.947 bits per heavy atom. The number of nitrogens with zero attached hydrogens (tertiary/aromatic N) is 3. The molecule has 110 valence electrons. The van der Waals surface area contributed by atoms with Crippen LogP contribution in [-0.2, 0) is 0 Å². The van der Waals surface area contributed by atoms with Crippen molar-refractivity contribution in [1.82, 2.24) is 14.7 Å². The van der Waals surface area contributed by atoms with Crippen LogP contribution in [0.1, 0.15) is 41.0 Å². The number of hydrogen-bond donors (Lipinski definition) is 0. The van der Waals surface area contributed by atoms with E-state index in [1.54, 1.807) is 0 Å². The van der Waals surface area contributed by atoms with Crippen LogP contribution in [0.4, 0.5) is 0 Å². The van der Waals surface area contributed by atoms with Crippen molar-refractivity contribution in [3.63, 3.8) is 0 Å². The van der Waals surface area contributed by atoms with Crippen molar-refractivity contribution >= 4 is 0 Å². The second kappa shape index (κ2) is 5.01. The molecule has 19 heavy (non-hydrogen) atoms. The summed E-state index contributed by atoms with van der Waals surface area (Å²) in [5.41, 5.74) is 0.766. The summed E-state index contributed by atoms with van der Waals surface area (Å²) in [4.78, 5) is 7.52. The molecule has 0 bridgehead atoms. The van der Waals surface area contributed by atoms with Crippen molar-refractivity contribution in [2.45, 2.75) is 46.6 Å². The van der Waals surface area contributed by atoms with Gasteiger partial charge in [-0.05, 0) is 32.6 Å². The van der Waals surface area contributed by atoms with Gasteiger partial charge in [-0.15, -0.1) is 0 Å². The largest absolute Gasteiger partial charge is 0.358 e. The number of hydrogen-bond acceptors (Lipinski definition) is 3. The Bertz CT molecular complexity index is 332. The van der Waals surface area contributed by atoms with E-state index in [0.29, 0.717) is 5.41 Å². The number of likely N-dealkylation sites (tertiary alicyclic amines) is 1. The first-order valence-electron chi connectivity index (χ1n) is 7.63. The van der Waals surface area contributed by atoms with Gasteiger partial charge in [0.25, 0.3) is 0 Å². The fourth-order valence-corrected chi connectivity index (χ4v) is 3.22. The molecule has 0 aliphatic carbocycles. The number of rotatable bonds is 2. The summed E-state index contributed by atoms with van der Waals surface area (Å²) in [6.07, 6.45) is 1.24. The first kappa shape index (κ1) is 14.7. The van der Waals surface area contributed by atoms with Gasteiger partial charge in [0.2, 0.25) is 0 Å². The Morgan fingerprint density at radius 3 is 2.11 bits per heavy atom. The predicted octanol–water partition coefficient (Wildman–Crippen LogP) is 2.61. The molecule has 3 heteroatoms. The molecule has 0 radical (unpaired) electrons. The van der Waals surface area contributed by atoms with Crippen LogP contribution >= 0.6 is 0 Å². The van der Waals surface area contributed by atoms with Gasteiger partial charge in [0.15, 0.2) is 0 Å². The summed E-state index contributed by atoms with van der Waals surface area (Å²) in [7, 11) is 0. The fourth-order valence-electron chi connectivity index (χ4n) is 3.22. The summed E-state index contributed by atoms with van der Waals surface area (Å²) < 4.78 is 0. The molecule has 3 nitrogen and oxygen atoms in total. The first-order chi connectivity index (χ1) is 8.69. The molecule has 0 saturated carbocycles. The molecule has 0 aromatic carbocycles. The van der Waals surface area contributed by atoms with E-state index in [0.717, 1.165) is 32.7 Å². The van der Waals surface area contributed by atoms with E-state index in [4.69, 9.17) is 0 Å². The van der Waals surface area contributed by atoms with Crippen LogP contribution in [0.5, 0.6) is 0 Å². The van der Waals surface area contributed by atoms with Gasteiger partial charge in [0.05, 0.1) is 5.82 Å². The van der Waals surface area contributed by atoms with Gasteiger partial charge in [-0.2, -0.15) is 0 Å². The van der Waals surface area contributed by atoms with Crippen LogP contribution in [0.25, 0.3) is 0 Å². The van der Waals surface area contributed by atoms with E-state index in [9.17, 15) is 0 Å². The normalized spacial score (nSPS) is 24.9. The summed E-state index contributed by atoms with van der Waals surface area (Å²) in [6, 6.07) is 0. The lowest BCUT2D eigenvalue weighted by Crippen LogP contribution is -2.55. The van der Waals surface area contributed by atoms with E-state index in [2.05, 4.69) is 55.9 Å². The summed E-state index contributed by atoms with van der Waals surface area (Å²) in [5, 5.41) is 0. The summed E-state index contributed by atoms with van der Waals surface area (Å²) in [6.45, 7) is 22.9. The molecular weight excluding hydrogens is 234 g/mol. The van der Waals surface area contributed by atoms with Crippen molar-refractivity contribution in [2.24, 2.45) is 5.41 Å². The lowest BCUT2D eigenvalue weighted by atomic mass is 9.84. The Kier molecular flexibility index (Phi) is 3.87. The maximum Gasteiger partial charge on any atom is 0.0965 e. The molecule has 2 aliphatic heterocycles. The fraction of sp³-hybridized carbons (Fsp3) is 0.875. The van der Waals surface area contributed by atoms with Gasteiger partial charge in [-0.25, -0.2) is 0 Å². The average molecular weight is 265 g/mol. The molecule has 2 aliphatic rings. The molecule has 0 aromatic rings. The molecule has 2 fully saturated rings. The lowest BCUT2D eigenvalue weighted by molar-refractivity contribution is 0.0321. The Labute approximate surface area is 119 Å². The Hall–Kier alpha value is -0.700. The maximum atomic E-state index is 4.33. The SMILES string of the molecule is C=C(N1CCCN(C(C)(C)C)CC1)N1CC(C)(C)C1. The first-order valence-corrected chi connectivity index (χ1v) is 7.63. The second-order valence-corrected chi connectivity index (χ2v) is 7.93. The zero-order valence-electron chi connectivity index (χ0n) is 13.5. The van der Waals surface area contributed by atoms with Crippen molar-refractivity contribution < 1.29 is 0 Å². The zero-order valence-corrected chi connectivity index (χ0v) is 13.5. The van der Waals surface area contributed by atoms with Gasteiger partial charge in [0.1, 0.15) is 0 Å². The molecule has 2 saturated heterocycles. The molecule has 0 aromatic heterocycles. The standard InChI is InChI=1S/C16H31N3/c1-14(18-12-16(5,6)13-18)17-8-7-9-19(11-10-17)15(2,3)4/h1,7-13H2,2-6H3. The summed E-state index contributed by atoms with van der Waals surface area (Å²) >= 11 is 0. The van der Waals surface area contributed by atoms with Crippen LogP contribution < -0.4 is 0 Å². The molecule has 0 unspecified atom stereocenters. The van der Waals surface area contributed by atoms with E-state index in [-0.39, 0.29) is 5.54 Å². The van der Waals surface area contributed by atoms with Crippen LogP contribution in [-0.4, -0.2) is 59.5 Å². The smallest absolute Gasteiger partial charge is 0.0965 e. The highest BCUT2D eigenvalue weighted by atomic mass is 15.4. The van der Waals surface area contributed by atoms with Crippen LogP contribution in [0.3, 0.4) is 0 Å². The van der Waals surface area contributed by atoms with Gasteiger partial charge in [0, 0.05) is 44.8 Å². The van der Waals surface area contributed by atoms with E-state index in [1.165, 1.54) is 18.8 Å². The van der Waals surface area contributed by atoms with Crippen molar-refractivity contribution in [3.8, 4) is 0 Å². The highest BCUT2D eigenvalue weighted by Gasteiger charge is 2.36. The molecule has 0 N–H and O–H groups in total. The third-order valence-electron chi connectivity index (χ3n) is 4.41. The topological polar surface area (TPSA) is 9.72 Å². The van der Waals surface area contributed by atoms with Gasteiger partial charge < -0.3 is 9.80 Å². The maximum absolute atomic E-state index is 4.33. The predicted molar refractivity (Wildman–Crippen MR) is 82.0 cm³/mol. The minimum absolute atomic E-state index is 0.288. The third-order valence-corrected chi connectivity index (χ3v) is 4.41. The zero-order chi connectivity index (χ0) is 14.3. The molecule has 2 heterocycles. The minimum Gasteiger partial charge on any atom is -0.358 e. The van der Waals surface area contributed by atoms with Crippen molar-refractivity contribution in [1.29, 1.82) is 0 Å². The molecular formula is C16H31N3. The monoisotopic (exact) mass is 265 g/mol. The Morgan fingerprint density at radius 2 is 1.58 bits per heavy atom. The van der Waals surface area contributed by atoms with Gasteiger partial charge in [-0.3, -0.25) is 4.90 Å².